The summed E-state index contributed by atoms with van der Waals surface area (Å²) < 4.78 is 5.41. The zero-order valence-corrected chi connectivity index (χ0v) is 10.7. The number of furan rings is 1. The number of carbonyl (C=O) groups is 1. The van der Waals surface area contributed by atoms with Crippen molar-refractivity contribution in [2.24, 2.45) is 4.99 Å². The number of rotatable bonds is 3. The van der Waals surface area contributed by atoms with E-state index in [0.717, 1.165) is 30.4 Å². The Morgan fingerprint density at radius 2 is 2.37 bits per heavy atom. The van der Waals surface area contributed by atoms with Gasteiger partial charge in [-0.05, 0) is 31.2 Å². The molecule has 0 saturated carbocycles. The van der Waals surface area contributed by atoms with Crippen molar-refractivity contribution in [1.29, 1.82) is 0 Å². The Kier molecular flexibility index (Phi) is 2.95. The minimum absolute atomic E-state index is 0.101. The Labute approximate surface area is 111 Å². The van der Waals surface area contributed by atoms with Crippen LogP contribution in [0, 0.1) is 6.92 Å². The van der Waals surface area contributed by atoms with E-state index in [2.05, 4.69) is 10.3 Å². The van der Waals surface area contributed by atoms with E-state index in [0.29, 0.717) is 12.1 Å². The van der Waals surface area contributed by atoms with Crippen LogP contribution < -0.4 is 5.32 Å². The Bertz CT molecular complexity index is 596. The molecule has 98 valence electrons. The Balaban J connectivity index is 1.62. The molecule has 0 unspecified atom stereocenters. The first-order valence-corrected chi connectivity index (χ1v) is 6.27. The average molecular weight is 257 g/mol. The summed E-state index contributed by atoms with van der Waals surface area (Å²) in [5.74, 6) is 2.43. The first-order valence-electron chi connectivity index (χ1n) is 6.27. The molecule has 19 heavy (non-hydrogen) atoms. The van der Waals surface area contributed by atoms with Gasteiger partial charge in [0, 0.05) is 12.7 Å². The number of fused-ring (bicyclic) bond motifs is 1. The predicted octanol–water partition coefficient (Wildman–Crippen LogP) is 1.37. The van der Waals surface area contributed by atoms with E-state index in [1.54, 1.807) is 6.08 Å². The standard InChI is InChI=1S/C14H15N3O2/c1-10-2-4-12(19-10)8-16-14(18)11-3-5-13-15-6-7-17(13)9-11/h2-5,9H,6-8H2,1H3,(H,16,18). The minimum Gasteiger partial charge on any atom is -0.465 e. The van der Waals surface area contributed by atoms with Gasteiger partial charge in [0.05, 0.1) is 18.7 Å². The number of amidine groups is 1. The molecule has 2 aliphatic heterocycles. The molecule has 1 amide bonds. The fourth-order valence-electron chi connectivity index (χ4n) is 2.12. The fraction of sp³-hybridized carbons (Fsp3) is 0.286. The third-order valence-electron chi connectivity index (χ3n) is 3.10. The minimum atomic E-state index is -0.101. The van der Waals surface area contributed by atoms with Crippen LogP contribution in [0.5, 0.6) is 0 Å². The zero-order valence-electron chi connectivity index (χ0n) is 10.7. The van der Waals surface area contributed by atoms with Gasteiger partial charge in [-0.2, -0.15) is 0 Å². The predicted molar refractivity (Wildman–Crippen MR) is 71.5 cm³/mol. The van der Waals surface area contributed by atoms with Crippen molar-refractivity contribution in [3.8, 4) is 0 Å². The van der Waals surface area contributed by atoms with E-state index < -0.39 is 0 Å². The molecule has 0 aromatic carbocycles. The number of nitrogens with one attached hydrogen (secondary N) is 1. The van der Waals surface area contributed by atoms with Gasteiger partial charge in [-0.3, -0.25) is 9.79 Å². The lowest BCUT2D eigenvalue weighted by Crippen LogP contribution is -2.29. The van der Waals surface area contributed by atoms with Crippen molar-refractivity contribution in [2.75, 3.05) is 13.1 Å². The van der Waals surface area contributed by atoms with Crippen LogP contribution in [0.2, 0.25) is 0 Å². The summed E-state index contributed by atoms with van der Waals surface area (Å²) in [5, 5.41) is 2.84. The van der Waals surface area contributed by atoms with Crippen molar-refractivity contribution in [3.05, 3.63) is 47.6 Å². The van der Waals surface area contributed by atoms with Gasteiger partial charge in [0.2, 0.25) is 0 Å². The summed E-state index contributed by atoms with van der Waals surface area (Å²) in [6.07, 6.45) is 5.51. The van der Waals surface area contributed by atoms with Gasteiger partial charge < -0.3 is 14.6 Å². The molecule has 0 saturated heterocycles. The molecule has 5 nitrogen and oxygen atoms in total. The topological polar surface area (TPSA) is 57.8 Å². The Morgan fingerprint density at radius 1 is 1.47 bits per heavy atom. The van der Waals surface area contributed by atoms with Crippen LogP contribution in [-0.2, 0) is 11.3 Å². The van der Waals surface area contributed by atoms with Crippen LogP contribution in [0.3, 0.4) is 0 Å². The summed E-state index contributed by atoms with van der Waals surface area (Å²) in [6.45, 7) is 3.91. The SMILES string of the molecule is Cc1ccc(CNC(=O)C2=CN3CCN=C3C=C2)o1. The molecular formula is C14H15N3O2. The highest BCUT2D eigenvalue weighted by Crippen LogP contribution is 2.14. The summed E-state index contributed by atoms with van der Waals surface area (Å²) >= 11 is 0. The molecule has 2 aliphatic rings. The van der Waals surface area contributed by atoms with Gasteiger partial charge in [0.25, 0.3) is 5.91 Å². The molecule has 3 rings (SSSR count). The molecule has 1 aromatic rings. The monoisotopic (exact) mass is 257 g/mol. The van der Waals surface area contributed by atoms with Gasteiger partial charge in [0.1, 0.15) is 17.4 Å². The maximum atomic E-state index is 12.0. The number of nitrogens with zero attached hydrogens (tertiary/aromatic N) is 2. The summed E-state index contributed by atoms with van der Waals surface area (Å²) in [5.41, 5.74) is 0.643. The third-order valence-corrected chi connectivity index (χ3v) is 3.10. The number of carbonyl (C=O) groups excluding carboxylic acids is 1. The first-order chi connectivity index (χ1) is 9.22. The molecule has 0 fully saturated rings. The number of hydrogen-bond acceptors (Lipinski definition) is 4. The van der Waals surface area contributed by atoms with Crippen LogP contribution >= 0.6 is 0 Å². The van der Waals surface area contributed by atoms with Crippen LogP contribution in [0.15, 0.2) is 45.5 Å². The van der Waals surface area contributed by atoms with Crippen molar-refractivity contribution >= 4 is 11.7 Å². The molecule has 0 atom stereocenters. The molecule has 0 spiro atoms. The van der Waals surface area contributed by atoms with Crippen molar-refractivity contribution in [3.63, 3.8) is 0 Å². The lowest BCUT2D eigenvalue weighted by molar-refractivity contribution is -0.117. The Morgan fingerprint density at radius 3 is 3.16 bits per heavy atom. The molecule has 1 aromatic heterocycles. The van der Waals surface area contributed by atoms with Crippen molar-refractivity contribution < 1.29 is 9.21 Å². The normalized spacial score (nSPS) is 17.0. The lowest BCUT2D eigenvalue weighted by Gasteiger charge is -2.18. The highest BCUT2D eigenvalue weighted by atomic mass is 16.3. The lowest BCUT2D eigenvalue weighted by atomic mass is 10.2. The number of amides is 1. The van der Waals surface area contributed by atoms with E-state index in [4.69, 9.17) is 4.42 Å². The second kappa shape index (κ2) is 4.76. The van der Waals surface area contributed by atoms with E-state index in [-0.39, 0.29) is 5.91 Å². The second-order valence-electron chi connectivity index (χ2n) is 4.55. The number of aliphatic imine (C=N–C) groups is 1. The van der Waals surface area contributed by atoms with Gasteiger partial charge in [-0.25, -0.2) is 0 Å². The van der Waals surface area contributed by atoms with E-state index in [1.165, 1.54) is 0 Å². The van der Waals surface area contributed by atoms with Gasteiger partial charge in [-0.15, -0.1) is 0 Å². The van der Waals surface area contributed by atoms with Crippen LogP contribution in [0.1, 0.15) is 11.5 Å². The van der Waals surface area contributed by atoms with E-state index in [1.807, 2.05) is 36.2 Å². The molecule has 0 aliphatic carbocycles. The van der Waals surface area contributed by atoms with Crippen LogP contribution in [0.25, 0.3) is 0 Å². The maximum absolute atomic E-state index is 12.0. The molecule has 0 bridgehead atoms. The molecular weight excluding hydrogens is 242 g/mol. The highest BCUT2D eigenvalue weighted by molar-refractivity contribution is 6.03. The zero-order chi connectivity index (χ0) is 13.2. The van der Waals surface area contributed by atoms with Crippen LogP contribution in [0.4, 0.5) is 0 Å². The number of aryl methyl sites for hydroxylation is 1. The van der Waals surface area contributed by atoms with Gasteiger partial charge >= 0.3 is 0 Å². The van der Waals surface area contributed by atoms with Gasteiger partial charge in [-0.1, -0.05) is 0 Å². The first kappa shape index (κ1) is 11.8. The highest BCUT2D eigenvalue weighted by Gasteiger charge is 2.19. The van der Waals surface area contributed by atoms with Gasteiger partial charge in [0.15, 0.2) is 0 Å². The van der Waals surface area contributed by atoms with Crippen molar-refractivity contribution in [2.45, 2.75) is 13.5 Å². The molecule has 1 N–H and O–H groups in total. The smallest absolute Gasteiger partial charge is 0.253 e. The third kappa shape index (κ3) is 2.45. The van der Waals surface area contributed by atoms with Crippen molar-refractivity contribution in [1.82, 2.24) is 10.2 Å². The molecule has 3 heterocycles. The average Bonchev–Trinajstić information content (AvgIpc) is 3.03. The maximum Gasteiger partial charge on any atom is 0.253 e. The molecule has 5 heteroatoms. The quantitative estimate of drug-likeness (QED) is 0.889. The fourth-order valence-corrected chi connectivity index (χ4v) is 2.12. The largest absolute Gasteiger partial charge is 0.465 e. The van der Waals surface area contributed by atoms with E-state index >= 15 is 0 Å². The van der Waals surface area contributed by atoms with E-state index in [9.17, 15) is 4.79 Å². The summed E-state index contributed by atoms with van der Waals surface area (Å²) in [6, 6.07) is 3.75. The number of hydrogen-bond donors (Lipinski definition) is 1. The Hall–Kier alpha value is -2.30. The second-order valence-corrected chi connectivity index (χ2v) is 4.55. The summed E-state index contributed by atoms with van der Waals surface area (Å²) in [7, 11) is 0. The summed E-state index contributed by atoms with van der Waals surface area (Å²) in [4.78, 5) is 18.3. The molecule has 0 radical (unpaired) electrons. The van der Waals surface area contributed by atoms with Crippen LogP contribution in [-0.4, -0.2) is 29.7 Å².